The number of nitrogens with zero attached hydrogens (tertiary/aromatic N) is 2. The number of benzene rings is 1. The molecule has 0 spiro atoms. The Morgan fingerprint density at radius 1 is 1.47 bits per heavy atom. The summed E-state index contributed by atoms with van der Waals surface area (Å²) in [4.78, 5) is 15.4. The third-order valence-corrected chi connectivity index (χ3v) is 3.27. The molecule has 5 nitrogen and oxygen atoms in total. The zero-order valence-corrected chi connectivity index (χ0v) is 11.4. The summed E-state index contributed by atoms with van der Waals surface area (Å²) in [6, 6.07) is 4.92. The van der Waals surface area contributed by atoms with E-state index in [4.69, 9.17) is 10.8 Å². The summed E-state index contributed by atoms with van der Waals surface area (Å²) in [5, 5.41) is 8.85. The van der Waals surface area contributed by atoms with Crippen molar-refractivity contribution in [2.24, 2.45) is 12.8 Å². The largest absolute Gasteiger partial charge is 0.480 e. The summed E-state index contributed by atoms with van der Waals surface area (Å²) in [7, 11) is 1.98. The van der Waals surface area contributed by atoms with Crippen molar-refractivity contribution in [2.75, 3.05) is 0 Å². The van der Waals surface area contributed by atoms with Crippen LogP contribution in [0.4, 0.5) is 0 Å². The molecule has 0 aliphatic carbocycles. The fourth-order valence-corrected chi connectivity index (χ4v) is 2.24. The average Bonchev–Trinajstić information content (AvgIpc) is 2.67. The van der Waals surface area contributed by atoms with Crippen molar-refractivity contribution < 1.29 is 9.90 Å². The van der Waals surface area contributed by atoms with Gasteiger partial charge in [-0.1, -0.05) is 19.9 Å². The maximum absolute atomic E-state index is 10.8. The number of carboxylic acids is 1. The number of carbonyl (C=O) groups is 1. The van der Waals surface area contributed by atoms with Gasteiger partial charge in [0.2, 0.25) is 0 Å². The van der Waals surface area contributed by atoms with Crippen molar-refractivity contribution in [1.29, 1.82) is 0 Å². The number of carboxylic acid groups (broad SMARTS) is 1. The van der Waals surface area contributed by atoms with Gasteiger partial charge in [0.15, 0.2) is 0 Å². The first-order valence-electron chi connectivity index (χ1n) is 6.33. The first-order chi connectivity index (χ1) is 8.90. The van der Waals surface area contributed by atoms with Crippen LogP contribution in [0.15, 0.2) is 18.2 Å². The lowest BCUT2D eigenvalue weighted by molar-refractivity contribution is -0.138. The first kappa shape index (κ1) is 13.5. The number of fused-ring (bicyclic) bond motifs is 1. The van der Waals surface area contributed by atoms with Crippen LogP contribution in [0, 0.1) is 0 Å². The van der Waals surface area contributed by atoms with Gasteiger partial charge in [-0.3, -0.25) is 4.79 Å². The van der Waals surface area contributed by atoms with Gasteiger partial charge in [0.1, 0.15) is 11.9 Å². The third-order valence-electron chi connectivity index (χ3n) is 3.27. The molecule has 5 heteroatoms. The van der Waals surface area contributed by atoms with Gasteiger partial charge < -0.3 is 15.4 Å². The van der Waals surface area contributed by atoms with Crippen molar-refractivity contribution in [3.63, 3.8) is 0 Å². The minimum absolute atomic E-state index is 0.327. The molecule has 2 rings (SSSR count). The van der Waals surface area contributed by atoms with Crippen LogP contribution in [0.3, 0.4) is 0 Å². The normalized spacial score (nSPS) is 13.1. The molecule has 0 saturated carbocycles. The van der Waals surface area contributed by atoms with Crippen molar-refractivity contribution in [1.82, 2.24) is 9.55 Å². The van der Waals surface area contributed by atoms with E-state index in [2.05, 4.69) is 23.4 Å². The van der Waals surface area contributed by atoms with Crippen molar-refractivity contribution >= 4 is 17.0 Å². The van der Waals surface area contributed by atoms with E-state index in [9.17, 15) is 4.79 Å². The van der Waals surface area contributed by atoms with E-state index in [1.165, 1.54) is 0 Å². The zero-order valence-electron chi connectivity index (χ0n) is 11.4. The Hall–Kier alpha value is -1.88. The number of hydrogen-bond acceptors (Lipinski definition) is 3. The maximum atomic E-state index is 10.8. The molecule has 1 aromatic heterocycles. The Balaban J connectivity index is 2.40. The molecule has 19 heavy (non-hydrogen) atoms. The van der Waals surface area contributed by atoms with Crippen molar-refractivity contribution in [2.45, 2.75) is 32.2 Å². The second-order valence-electron chi connectivity index (χ2n) is 5.16. The fourth-order valence-electron chi connectivity index (χ4n) is 2.24. The highest BCUT2D eigenvalue weighted by Crippen LogP contribution is 2.22. The van der Waals surface area contributed by atoms with E-state index in [1.807, 2.05) is 25.2 Å². The average molecular weight is 261 g/mol. The lowest BCUT2D eigenvalue weighted by Crippen LogP contribution is -2.32. The van der Waals surface area contributed by atoms with Crippen LogP contribution in [-0.2, 0) is 18.3 Å². The quantitative estimate of drug-likeness (QED) is 0.876. The van der Waals surface area contributed by atoms with Gasteiger partial charge in [0.25, 0.3) is 0 Å². The maximum Gasteiger partial charge on any atom is 0.320 e. The molecule has 0 bridgehead atoms. The molecular formula is C14H19N3O2. The minimum atomic E-state index is -0.979. The predicted molar refractivity (Wildman–Crippen MR) is 74.1 cm³/mol. The van der Waals surface area contributed by atoms with Crippen LogP contribution >= 0.6 is 0 Å². The highest BCUT2D eigenvalue weighted by Gasteiger charge is 2.15. The van der Waals surface area contributed by atoms with Crippen molar-refractivity contribution in [3.05, 3.63) is 29.6 Å². The van der Waals surface area contributed by atoms with E-state index in [0.29, 0.717) is 12.3 Å². The Kier molecular flexibility index (Phi) is 3.57. The van der Waals surface area contributed by atoms with Gasteiger partial charge in [-0.25, -0.2) is 4.98 Å². The number of aromatic nitrogens is 2. The number of nitrogens with two attached hydrogens (primary N) is 1. The molecule has 1 heterocycles. The monoisotopic (exact) mass is 261 g/mol. The van der Waals surface area contributed by atoms with E-state index in [-0.39, 0.29) is 0 Å². The molecule has 0 saturated heterocycles. The Morgan fingerprint density at radius 2 is 2.16 bits per heavy atom. The van der Waals surface area contributed by atoms with Gasteiger partial charge in [-0.15, -0.1) is 0 Å². The molecule has 1 atom stereocenters. The fraction of sp³-hybridized carbons (Fsp3) is 0.429. The summed E-state index contributed by atoms with van der Waals surface area (Å²) >= 11 is 0. The SMILES string of the molecule is CC(C)c1nc2ccc(CC(N)C(=O)O)cc2n1C. The number of aliphatic carboxylic acids is 1. The molecule has 102 valence electrons. The summed E-state index contributed by atoms with van der Waals surface area (Å²) in [5.74, 6) is 0.393. The van der Waals surface area contributed by atoms with Gasteiger partial charge in [-0.05, 0) is 24.1 Å². The summed E-state index contributed by atoms with van der Waals surface area (Å²) < 4.78 is 2.05. The van der Waals surface area contributed by atoms with E-state index in [1.54, 1.807) is 0 Å². The minimum Gasteiger partial charge on any atom is -0.480 e. The molecule has 2 aromatic rings. The first-order valence-corrected chi connectivity index (χ1v) is 6.33. The Morgan fingerprint density at radius 3 is 2.74 bits per heavy atom. The zero-order chi connectivity index (χ0) is 14.2. The summed E-state index contributed by atoms with van der Waals surface area (Å²) in [6.07, 6.45) is 0.327. The molecule has 0 aliphatic heterocycles. The molecule has 0 aliphatic rings. The topological polar surface area (TPSA) is 81.1 Å². The molecular weight excluding hydrogens is 242 g/mol. The smallest absolute Gasteiger partial charge is 0.320 e. The van der Waals surface area contributed by atoms with Crippen LogP contribution in [-0.4, -0.2) is 26.7 Å². The number of rotatable bonds is 4. The third kappa shape index (κ3) is 2.61. The molecule has 0 amide bonds. The number of hydrogen-bond donors (Lipinski definition) is 2. The van der Waals surface area contributed by atoms with Crippen LogP contribution in [0.2, 0.25) is 0 Å². The molecule has 1 aromatic carbocycles. The van der Waals surface area contributed by atoms with Crippen LogP contribution in [0.25, 0.3) is 11.0 Å². The van der Waals surface area contributed by atoms with Crippen LogP contribution in [0.1, 0.15) is 31.2 Å². The predicted octanol–water partition coefficient (Wildman–Crippen LogP) is 1.65. The van der Waals surface area contributed by atoms with E-state index < -0.39 is 12.0 Å². The second kappa shape index (κ2) is 5.01. The second-order valence-corrected chi connectivity index (χ2v) is 5.16. The Labute approximate surface area is 112 Å². The molecule has 3 N–H and O–H groups in total. The van der Waals surface area contributed by atoms with E-state index >= 15 is 0 Å². The van der Waals surface area contributed by atoms with Gasteiger partial charge in [0, 0.05) is 13.0 Å². The van der Waals surface area contributed by atoms with Gasteiger partial charge in [0.05, 0.1) is 11.0 Å². The standard InChI is InChI=1S/C14H19N3O2/c1-8(2)13-16-11-5-4-9(6-10(15)14(18)19)7-12(11)17(13)3/h4-5,7-8,10H,6,15H2,1-3H3,(H,18,19). The molecule has 1 unspecified atom stereocenters. The lowest BCUT2D eigenvalue weighted by Gasteiger charge is -2.07. The molecule has 0 fully saturated rings. The van der Waals surface area contributed by atoms with E-state index in [0.717, 1.165) is 22.4 Å². The van der Waals surface area contributed by atoms with Crippen LogP contribution in [0.5, 0.6) is 0 Å². The summed E-state index contributed by atoms with van der Waals surface area (Å²) in [6.45, 7) is 4.20. The summed E-state index contributed by atoms with van der Waals surface area (Å²) in [5.41, 5.74) is 8.42. The molecule has 0 radical (unpaired) electrons. The highest BCUT2D eigenvalue weighted by molar-refractivity contribution is 5.78. The number of imidazole rings is 1. The Bertz CT molecular complexity index is 616. The lowest BCUT2D eigenvalue weighted by atomic mass is 10.1. The highest BCUT2D eigenvalue weighted by atomic mass is 16.4. The van der Waals surface area contributed by atoms with Gasteiger partial charge in [-0.2, -0.15) is 0 Å². The van der Waals surface area contributed by atoms with Crippen molar-refractivity contribution in [3.8, 4) is 0 Å². The van der Waals surface area contributed by atoms with Crippen LogP contribution < -0.4 is 5.73 Å². The number of aryl methyl sites for hydroxylation is 1. The van der Waals surface area contributed by atoms with Gasteiger partial charge >= 0.3 is 5.97 Å².